The van der Waals surface area contributed by atoms with Gasteiger partial charge in [0.05, 0.1) is 34.0 Å². The first kappa shape index (κ1) is 26.2. The maximum atomic E-state index is 13.6. The normalized spacial score (nSPS) is 12.5. The minimum absolute atomic E-state index is 0.0558. The first-order chi connectivity index (χ1) is 17.5. The van der Waals surface area contributed by atoms with Crippen LogP contribution in [0.2, 0.25) is 5.02 Å². The van der Waals surface area contributed by atoms with Crippen LogP contribution in [0, 0.1) is 22.6 Å². The molecule has 37 heavy (non-hydrogen) atoms. The summed E-state index contributed by atoms with van der Waals surface area (Å²) >= 11 is 6.60. The third-order valence-electron chi connectivity index (χ3n) is 5.53. The van der Waals surface area contributed by atoms with Gasteiger partial charge in [-0.05, 0) is 35.2 Å². The molecule has 0 aliphatic carbocycles. The van der Waals surface area contributed by atoms with Crippen LogP contribution in [0.3, 0.4) is 0 Å². The summed E-state index contributed by atoms with van der Waals surface area (Å²) in [7, 11) is 0. The van der Waals surface area contributed by atoms with Crippen molar-refractivity contribution in [3.05, 3.63) is 76.5 Å². The first-order valence-corrected chi connectivity index (χ1v) is 11.9. The molecule has 0 saturated heterocycles. The Hall–Kier alpha value is -3.84. The number of anilines is 2. The number of rotatable bonds is 8. The highest BCUT2D eigenvalue weighted by Crippen LogP contribution is 2.36. The van der Waals surface area contributed by atoms with E-state index in [-0.39, 0.29) is 5.41 Å². The molecule has 0 spiro atoms. The van der Waals surface area contributed by atoms with Crippen molar-refractivity contribution < 1.29 is 13.2 Å². The lowest BCUT2D eigenvalue weighted by molar-refractivity contribution is 0.121. The Balaban J connectivity index is 1.79. The van der Waals surface area contributed by atoms with Crippen LogP contribution < -0.4 is 10.6 Å². The number of hydrogen-bond acceptors (Lipinski definition) is 6. The largest absolute Gasteiger partial charge is 0.383 e. The van der Waals surface area contributed by atoms with Gasteiger partial charge in [0, 0.05) is 23.8 Å². The Labute approximate surface area is 217 Å². The van der Waals surface area contributed by atoms with E-state index >= 15 is 0 Å². The second-order valence-corrected chi connectivity index (χ2v) is 10.2. The van der Waals surface area contributed by atoms with E-state index in [0.29, 0.717) is 50.7 Å². The molecular weight excluding hydrogens is 503 g/mol. The minimum atomic E-state index is -2.59. The van der Waals surface area contributed by atoms with Crippen molar-refractivity contribution in [1.82, 2.24) is 20.0 Å². The highest BCUT2D eigenvalue weighted by molar-refractivity contribution is 6.35. The van der Waals surface area contributed by atoms with Gasteiger partial charge in [-0.25, -0.2) is 17.9 Å². The van der Waals surface area contributed by atoms with Crippen LogP contribution in [0.15, 0.2) is 48.8 Å². The molecule has 0 fully saturated rings. The van der Waals surface area contributed by atoms with Gasteiger partial charge in [-0.3, -0.25) is 4.98 Å². The van der Waals surface area contributed by atoms with Crippen LogP contribution in [0.4, 0.5) is 24.5 Å². The zero-order valence-corrected chi connectivity index (χ0v) is 21.2. The molecule has 2 heterocycles. The van der Waals surface area contributed by atoms with E-state index in [0.717, 1.165) is 4.68 Å². The third-order valence-corrected chi connectivity index (χ3v) is 5.82. The predicted octanol–water partition coefficient (Wildman–Crippen LogP) is 6.42. The van der Waals surface area contributed by atoms with Gasteiger partial charge in [-0.2, -0.15) is 5.26 Å². The molecule has 2 aromatic carbocycles. The number of nitriles is 1. The molecule has 0 radical (unpaired) electrons. The summed E-state index contributed by atoms with van der Waals surface area (Å²) in [6.07, 6.45) is 0.308. The first-order valence-electron chi connectivity index (χ1n) is 11.5. The topological polar surface area (TPSA) is 91.5 Å². The quantitative estimate of drug-likeness (QED) is 0.275. The molecule has 0 saturated carbocycles. The van der Waals surface area contributed by atoms with Gasteiger partial charge in [0.2, 0.25) is 0 Å². The molecule has 2 N–H and O–H groups in total. The second kappa shape index (κ2) is 10.6. The average Bonchev–Trinajstić information content (AvgIpc) is 3.28. The Morgan fingerprint density at radius 2 is 1.89 bits per heavy atom. The minimum Gasteiger partial charge on any atom is -0.383 e. The van der Waals surface area contributed by atoms with E-state index in [1.165, 1.54) is 24.5 Å². The van der Waals surface area contributed by atoms with Crippen molar-refractivity contribution in [1.29, 1.82) is 5.26 Å². The van der Waals surface area contributed by atoms with E-state index in [4.69, 9.17) is 11.6 Å². The summed E-state index contributed by atoms with van der Waals surface area (Å²) in [5.41, 5.74) is 2.99. The van der Waals surface area contributed by atoms with Gasteiger partial charge >= 0.3 is 0 Å². The number of alkyl halides is 2. The highest BCUT2D eigenvalue weighted by atomic mass is 35.5. The van der Waals surface area contributed by atoms with Gasteiger partial charge in [0.15, 0.2) is 0 Å². The van der Waals surface area contributed by atoms with Crippen LogP contribution in [0.25, 0.3) is 10.9 Å². The highest BCUT2D eigenvalue weighted by Gasteiger charge is 2.21. The number of halogens is 4. The number of pyridine rings is 1. The molecule has 0 amide bonds. The van der Waals surface area contributed by atoms with Crippen LogP contribution >= 0.6 is 11.6 Å². The van der Waals surface area contributed by atoms with Crippen molar-refractivity contribution in [2.75, 3.05) is 17.2 Å². The van der Waals surface area contributed by atoms with Gasteiger partial charge in [0.25, 0.3) is 6.43 Å². The fourth-order valence-corrected chi connectivity index (χ4v) is 4.07. The number of fused-ring (bicyclic) bond motifs is 1. The number of nitrogens with zero attached hydrogens (tertiary/aromatic N) is 5. The Morgan fingerprint density at radius 1 is 1.16 bits per heavy atom. The fourth-order valence-electron chi connectivity index (χ4n) is 3.80. The molecule has 1 atom stereocenters. The van der Waals surface area contributed by atoms with E-state index in [9.17, 15) is 18.4 Å². The Kier molecular flexibility index (Phi) is 7.55. The Morgan fingerprint density at radius 3 is 2.54 bits per heavy atom. The van der Waals surface area contributed by atoms with Crippen molar-refractivity contribution in [2.24, 2.45) is 5.41 Å². The summed E-state index contributed by atoms with van der Waals surface area (Å²) < 4.78 is 40.4. The van der Waals surface area contributed by atoms with Crippen molar-refractivity contribution in [2.45, 2.75) is 39.8 Å². The number of nitrogens with one attached hydrogen (secondary N) is 2. The molecule has 192 valence electrons. The molecular formula is C26H25ClF3N7. The molecule has 0 unspecified atom stereocenters. The van der Waals surface area contributed by atoms with Crippen LogP contribution in [-0.2, 0) is 6.54 Å². The lowest BCUT2D eigenvalue weighted by Crippen LogP contribution is -2.20. The molecule has 7 nitrogen and oxygen atoms in total. The zero-order chi connectivity index (χ0) is 26.7. The van der Waals surface area contributed by atoms with E-state index < -0.39 is 24.8 Å². The molecule has 4 aromatic rings. The fraction of sp³-hybridized carbons (Fsp3) is 0.308. The van der Waals surface area contributed by atoms with Gasteiger partial charge in [0.1, 0.15) is 24.1 Å². The van der Waals surface area contributed by atoms with Gasteiger partial charge in [-0.15, -0.1) is 5.10 Å². The molecule has 4 rings (SSSR count). The Bertz CT molecular complexity index is 1440. The number of hydrogen-bond donors (Lipinski definition) is 2. The molecule has 11 heteroatoms. The molecule has 2 aromatic heterocycles. The zero-order valence-electron chi connectivity index (χ0n) is 20.4. The van der Waals surface area contributed by atoms with Crippen LogP contribution in [0.5, 0.6) is 0 Å². The van der Waals surface area contributed by atoms with Crippen molar-refractivity contribution in [3.8, 4) is 6.07 Å². The van der Waals surface area contributed by atoms with Crippen molar-refractivity contribution in [3.63, 3.8) is 0 Å². The average molecular weight is 528 g/mol. The maximum Gasteiger partial charge on any atom is 0.257 e. The van der Waals surface area contributed by atoms with Gasteiger partial charge < -0.3 is 10.6 Å². The van der Waals surface area contributed by atoms with Crippen molar-refractivity contribution >= 4 is 33.9 Å². The lowest BCUT2D eigenvalue weighted by atomic mass is 9.96. The summed E-state index contributed by atoms with van der Waals surface area (Å²) in [5, 5.41) is 25.2. The SMILES string of the molecule is CC(C)(C)CNc1c(C#N)cnc2c(Cl)cc(N[C@@H](c3ccc(F)cc3)c3cn(CC(F)F)nn3)cc12. The lowest BCUT2D eigenvalue weighted by Gasteiger charge is -2.22. The monoisotopic (exact) mass is 527 g/mol. The standard InChI is InChI=1S/C26H25ClF3N7/c1-26(2,3)14-33-23-16(10-31)11-32-25-19(23)8-18(9-20(25)27)34-24(15-4-6-17(28)7-5-15)21-12-37(36-35-21)13-22(29)30/h4-9,11-12,22,24,34H,13-14H2,1-3H3,(H,32,33)/t24-/m0/s1. The van der Waals surface area contributed by atoms with Gasteiger partial charge in [-0.1, -0.05) is 49.7 Å². The summed E-state index contributed by atoms with van der Waals surface area (Å²) in [5.74, 6) is -0.415. The van der Waals surface area contributed by atoms with E-state index in [1.54, 1.807) is 24.3 Å². The third kappa shape index (κ3) is 6.30. The van der Waals surface area contributed by atoms with E-state index in [1.807, 2.05) is 0 Å². The summed E-state index contributed by atoms with van der Waals surface area (Å²) in [6, 6.07) is 10.8. The second-order valence-electron chi connectivity index (χ2n) is 9.81. The molecule has 0 aliphatic rings. The number of benzene rings is 2. The predicted molar refractivity (Wildman–Crippen MR) is 137 cm³/mol. The summed E-state index contributed by atoms with van der Waals surface area (Å²) in [6.45, 7) is 6.22. The van der Waals surface area contributed by atoms with Crippen LogP contribution in [0.1, 0.15) is 43.6 Å². The summed E-state index contributed by atoms with van der Waals surface area (Å²) in [4.78, 5) is 4.37. The van der Waals surface area contributed by atoms with Crippen LogP contribution in [-0.4, -0.2) is 32.9 Å². The smallest absolute Gasteiger partial charge is 0.257 e. The number of aromatic nitrogens is 4. The maximum absolute atomic E-state index is 13.6. The molecule has 0 aliphatic heterocycles. The molecule has 0 bridgehead atoms. The van der Waals surface area contributed by atoms with E-state index in [2.05, 4.69) is 52.8 Å².